The van der Waals surface area contributed by atoms with Crippen LogP contribution in [0, 0.1) is 11.3 Å². The van der Waals surface area contributed by atoms with Crippen LogP contribution in [-0.4, -0.2) is 26.2 Å². The Morgan fingerprint density at radius 1 is 1.40 bits per heavy atom. The van der Waals surface area contributed by atoms with Gasteiger partial charge in [-0.05, 0) is 43.7 Å². The standard InChI is InChI=1S/C13H28N2/c1-4-12(3)9-15-11-13(5-2)7-6-8-14-10-13/h12,14-15H,4-11H2,1-3H3. The van der Waals surface area contributed by atoms with E-state index in [1.165, 1.54) is 51.9 Å². The van der Waals surface area contributed by atoms with Gasteiger partial charge in [-0.15, -0.1) is 0 Å². The minimum absolute atomic E-state index is 0.533. The normalized spacial score (nSPS) is 29.0. The van der Waals surface area contributed by atoms with Crippen LogP contribution in [0.4, 0.5) is 0 Å². The van der Waals surface area contributed by atoms with E-state index in [-0.39, 0.29) is 0 Å². The second kappa shape index (κ2) is 6.49. The molecule has 15 heavy (non-hydrogen) atoms. The maximum Gasteiger partial charge on any atom is 0.00200 e. The number of piperidine rings is 1. The maximum absolute atomic E-state index is 3.66. The van der Waals surface area contributed by atoms with Crippen molar-refractivity contribution < 1.29 is 0 Å². The summed E-state index contributed by atoms with van der Waals surface area (Å²) in [4.78, 5) is 0. The Hall–Kier alpha value is -0.0800. The van der Waals surface area contributed by atoms with Gasteiger partial charge in [0.05, 0.1) is 0 Å². The van der Waals surface area contributed by atoms with Crippen molar-refractivity contribution in [2.45, 2.75) is 46.5 Å². The van der Waals surface area contributed by atoms with E-state index in [4.69, 9.17) is 0 Å². The van der Waals surface area contributed by atoms with Gasteiger partial charge in [0.2, 0.25) is 0 Å². The summed E-state index contributed by atoms with van der Waals surface area (Å²) in [6, 6.07) is 0. The fraction of sp³-hybridized carbons (Fsp3) is 1.00. The van der Waals surface area contributed by atoms with Gasteiger partial charge in [-0.1, -0.05) is 27.2 Å². The Morgan fingerprint density at radius 2 is 2.20 bits per heavy atom. The van der Waals surface area contributed by atoms with E-state index in [1.807, 2.05) is 0 Å². The molecule has 1 aliphatic rings. The molecule has 1 fully saturated rings. The van der Waals surface area contributed by atoms with Gasteiger partial charge in [0.25, 0.3) is 0 Å². The van der Waals surface area contributed by atoms with Crippen LogP contribution in [0.15, 0.2) is 0 Å². The van der Waals surface area contributed by atoms with Crippen LogP contribution in [0.25, 0.3) is 0 Å². The first kappa shape index (κ1) is 13.0. The highest BCUT2D eigenvalue weighted by atomic mass is 14.9. The predicted molar refractivity (Wildman–Crippen MR) is 67.2 cm³/mol. The van der Waals surface area contributed by atoms with Crippen LogP contribution in [0.2, 0.25) is 0 Å². The van der Waals surface area contributed by atoms with Crippen LogP contribution >= 0.6 is 0 Å². The second-order valence-corrected chi connectivity index (χ2v) is 5.28. The van der Waals surface area contributed by atoms with E-state index in [9.17, 15) is 0 Å². The minimum atomic E-state index is 0.533. The number of rotatable bonds is 6. The topological polar surface area (TPSA) is 24.1 Å². The van der Waals surface area contributed by atoms with Crippen molar-refractivity contribution in [2.24, 2.45) is 11.3 Å². The van der Waals surface area contributed by atoms with Gasteiger partial charge in [-0.2, -0.15) is 0 Å². The van der Waals surface area contributed by atoms with E-state index in [0.717, 1.165) is 5.92 Å². The monoisotopic (exact) mass is 212 g/mol. The van der Waals surface area contributed by atoms with E-state index < -0.39 is 0 Å². The molecule has 2 unspecified atom stereocenters. The van der Waals surface area contributed by atoms with Crippen molar-refractivity contribution in [1.82, 2.24) is 10.6 Å². The fourth-order valence-corrected chi connectivity index (χ4v) is 2.34. The molecule has 0 aliphatic carbocycles. The average molecular weight is 212 g/mol. The van der Waals surface area contributed by atoms with Crippen LogP contribution in [-0.2, 0) is 0 Å². The van der Waals surface area contributed by atoms with E-state index in [0.29, 0.717) is 5.41 Å². The summed E-state index contributed by atoms with van der Waals surface area (Å²) in [6.45, 7) is 11.7. The molecule has 90 valence electrons. The lowest BCUT2D eigenvalue weighted by Crippen LogP contribution is -2.46. The Labute approximate surface area is 95.2 Å². The minimum Gasteiger partial charge on any atom is -0.316 e. The molecule has 2 N–H and O–H groups in total. The largest absolute Gasteiger partial charge is 0.316 e. The summed E-state index contributed by atoms with van der Waals surface area (Å²) in [5.41, 5.74) is 0.533. The summed E-state index contributed by atoms with van der Waals surface area (Å²) >= 11 is 0. The molecule has 1 saturated heterocycles. The Kier molecular flexibility index (Phi) is 5.62. The molecular formula is C13H28N2. The molecule has 1 rings (SSSR count). The summed E-state index contributed by atoms with van der Waals surface area (Å²) < 4.78 is 0. The smallest absolute Gasteiger partial charge is 0.00200 e. The first-order chi connectivity index (χ1) is 7.22. The Morgan fingerprint density at radius 3 is 2.73 bits per heavy atom. The lowest BCUT2D eigenvalue weighted by atomic mass is 9.78. The molecule has 1 heterocycles. The second-order valence-electron chi connectivity index (χ2n) is 5.28. The Balaban J connectivity index is 2.26. The molecular weight excluding hydrogens is 184 g/mol. The molecule has 0 amide bonds. The van der Waals surface area contributed by atoms with Gasteiger partial charge in [0.15, 0.2) is 0 Å². The highest BCUT2D eigenvalue weighted by Crippen LogP contribution is 2.28. The fourth-order valence-electron chi connectivity index (χ4n) is 2.34. The van der Waals surface area contributed by atoms with Crippen LogP contribution in [0.3, 0.4) is 0 Å². The SMILES string of the molecule is CCC(C)CNCC1(CC)CCCNC1. The van der Waals surface area contributed by atoms with Gasteiger partial charge in [-0.3, -0.25) is 0 Å². The predicted octanol–water partition coefficient (Wildman–Crippen LogP) is 2.40. The van der Waals surface area contributed by atoms with Crippen LogP contribution < -0.4 is 10.6 Å². The van der Waals surface area contributed by atoms with Crippen molar-refractivity contribution in [3.8, 4) is 0 Å². The van der Waals surface area contributed by atoms with Gasteiger partial charge in [-0.25, -0.2) is 0 Å². The zero-order valence-electron chi connectivity index (χ0n) is 10.7. The van der Waals surface area contributed by atoms with Gasteiger partial charge >= 0.3 is 0 Å². The zero-order chi connectivity index (χ0) is 11.1. The lowest BCUT2D eigenvalue weighted by Gasteiger charge is -2.37. The lowest BCUT2D eigenvalue weighted by molar-refractivity contribution is 0.190. The van der Waals surface area contributed by atoms with Crippen LogP contribution in [0.5, 0.6) is 0 Å². The summed E-state index contributed by atoms with van der Waals surface area (Å²) in [6.07, 6.45) is 5.32. The zero-order valence-corrected chi connectivity index (χ0v) is 10.7. The molecule has 0 aromatic heterocycles. The average Bonchev–Trinajstić information content (AvgIpc) is 2.30. The van der Waals surface area contributed by atoms with Gasteiger partial charge in [0.1, 0.15) is 0 Å². The van der Waals surface area contributed by atoms with Crippen molar-refractivity contribution in [3.63, 3.8) is 0 Å². The van der Waals surface area contributed by atoms with Gasteiger partial charge < -0.3 is 10.6 Å². The molecule has 0 radical (unpaired) electrons. The molecule has 0 spiro atoms. The van der Waals surface area contributed by atoms with E-state index >= 15 is 0 Å². The van der Waals surface area contributed by atoms with Crippen molar-refractivity contribution in [3.05, 3.63) is 0 Å². The maximum atomic E-state index is 3.66. The molecule has 0 saturated carbocycles. The molecule has 0 bridgehead atoms. The molecule has 2 atom stereocenters. The third kappa shape index (κ3) is 4.12. The summed E-state index contributed by atoms with van der Waals surface area (Å²) in [7, 11) is 0. The third-order valence-corrected chi connectivity index (χ3v) is 4.00. The van der Waals surface area contributed by atoms with Gasteiger partial charge in [0, 0.05) is 13.1 Å². The molecule has 2 heteroatoms. The Bertz CT molecular complexity index is 162. The van der Waals surface area contributed by atoms with Crippen molar-refractivity contribution in [1.29, 1.82) is 0 Å². The summed E-state index contributed by atoms with van der Waals surface area (Å²) in [5.74, 6) is 0.815. The molecule has 2 nitrogen and oxygen atoms in total. The number of nitrogens with one attached hydrogen (secondary N) is 2. The highest BCUT2D eigenvalue weighted by molar-refractivity contribution is 4.86. The molecule has 0 aromatic rings. The first-order valence-corrected chi connectivity index (χ1v) is 6.64. The van der Waals surface area contributed by atoms with Crippen molar-refractivity contribution >= 4 is 0 Å². The molecule has 1 aliphatic heterocycles. The first-order valence-electron chi connectivity index (χ1n) is 6.64. The highest BCUT2D eigenvalue weighted by Gasteiger charge is 2.29. The van der Waals surface area contributed by atoms with E-state index in [2.05, 4.69) is 31.4 Å². The van der Waals surface area contributed by atoms with Crippen molar-refractivity contribution in [2.75, 3.05) is 26.2 Å². The number of hydrogen-bond acceptors (Lipinski definition) is 2. The summed E-state index contributed by atoms with van der Waals surface area (Å²) in [5, 5.41) is 7.20. The van der Waals surface area contributed by atoms with E-state index in [1.54, 1.807) is 0 Å². The van der Waals surface area contributed by atoms with Crippen LogP contribution in [0.1, 0.15) is 46.5 Å². The molecule has 0 aromatic carbocycles. The quantitative estimate of drug-likeness (QED) is 0.706. The number of hydrogen-bond donors (Lipinski definition) is 2. The third-order valence-electron chi connectivity index (χ3n) is 4.00.